The molecule has 2 heterocycles. The van der Waals surface area contributed by atoms with Gasteiger partial charge in [0, 0.05) is 45.8 Å². The summed E-state index contributed by atoms with van der Waals surface area (Å²) in [6.45, 7) is 9.58. The average molecular weight is 349 g/mol. The van der Waals surface area contributed by atoms with Crippen molar-refractivity contribution in [3.8, 4) is 6.07 Å². The lowest BCUT2D eigenvalue weighted by molar-refractivity contribution is -0.157. The van der Waals surface area contributed by atoms with Crippen LogP contribution in [0.3, 0.4) is 0 Å². The lowest BCUT2D eigenvalue weighted by Crippen LogP contribution is -2.58. The van der Waals surface area contributed by atoms with Crippen LogP contribution in [0.25, 0.3) is 0 Å². The quantitative estimate of drug-likeness (QED) is 0.617. The third kappa shape index (κ3) is 4.28. The van der Waals surface area contributed by atoms with Gasteiger partial charge in [0.2, 0.25) is 5.91 Å². The van der Waals surface area contributed by atoms with E-state index in [1.807, 2.05) is 20.8 Å². The molecule has 2 saturated heterocycles. The van der Waals surface area contributed by atoms with Gasteiger partial charge < -0.3 is 14.7 Å². The number of amides is 3. The maximum absolute atomic E-state index is 12.5. The number of rotatable bonds is 5. The summed E-state index contributed by atoms with van der Waals surface area (Å²) in [7, 11) is 0. The third-order valence-electron chi connectivity index (χ3n) is 4.93. The molecule has 0 radical (unpaired) electrons. The molecule has 2 rings (SSSR count). The summed E-state index contributed by atoms with van der Waals surface area (Å²) in [4.78, 5) is 43.1. The van der Waals surface area contributed by atoms with Crippen LogP contribution in [0.4, 0.5) is 0 Å². The van der Waals surface area contributed by atoms with E-state index in [2.05, 4.69) is 11.0 Å². The molecule has 2 fully saturated rings. The fourth-order valence-corrected chi connectivity index (χ4v) is 3.33. The Morgan fingerprint density at radius 3 is 2.12 bits per heavy atom. The summed E-state index contributed by atoms with van der Waals surface area (Å²) in [5.41, 5.74) is 0. The van der Waals surface area contributed by atoms with Gasteiger partial charge in [-0.15, -0.1) is 0 Å². The highest BCUT2D eigenvalue weighted by atomic mass is 16.2. The van der Waals surface area contributed by atoms with Crippen LogP contribution >= 0.6 is 0 Å². The Morgan fingerprint density at radius 2 is 1.60 bits per heavy atom. The second kappa shape index (κ2) is 8.30. The molecule has 0 aliphatic carbocycles. The van der Waals surface area contributed by atoms with Gasteiger partial charge in [-0.3, -0.25) is 19.3 Å². The van der Waals surface area contributed by atoms with Crippen LogP contribution in [0.2, 0.25) is 0 Å². The average Bonchev–Trinajstić information content (AvgIpc) is 2.60. The summed E-state index contributed by atoms with van der Waals surface area (Å²) >= 11 is 0. The molecule has 2 aliphatic heterocycles. The van der Waals surface area contributed by atoms with Crippen LogP contribution in [0.1, 0.15) is 20.8 Å². The van der Waals surface area contributed by atoms with Gasteiger partial charge in [-0.1, -0.05) is 13.8 Å². The van der Waals surface area contributed by atoms with Crippen molar-refractivity contribution >= 4 is 17.7 Å². The molecule has 25 heavy (non-hydrogen) atoms. The summed E-state index contributed by atoms with van der Waals surface area (Å²) < 4.78 is 0. The van der Waals surface area contributed by atoms with E-state index >= 15 is 0 Å². The maximum Gasteiger partial charge on any atom is 0.312 e. The van der Waals surface area contributed by atoms with E-state index in [4.69, 9.17) is 0 Å². The smallest absolute Gasteiger partial charge is 0.312 e. The molecule has 0 aromatic carbocycles. The highest BCUT2D eigenvalue weighted by Crippen LogP contribution is 2.14. The van der Waals surface area contributed by atoms with Crippen LogP contribution in [-0.2, 0) is 14.4 Å². The van der Waals surface area contributed by atoms with E-state index in [0.29, 0.717) is 45.8 Å². The number of nitrogens with zero attached hydrogens (tertiary/aromatic N) is 5. The lowest BCUT2D eigenvalue weighted by Gasteiger charge is -2.39. The van der Waals surface area contributed by atoms with E-state index in [1.54, 1.807) is 4.90 Å². The Kier molecular flexibility index (Phi) is 6.37. The van der Waals surface area contributed by atoms with Crippen molar-refractivity contribution in [3.05, 3.63) is 0 Å². The number of carbonyl (C=O) groups is 3. The number of likely N-dealkylation sites (N-methyl/N-ethyl adjacent to an activating group) is 1. The molecule has 2 aliphatic rings. The van der Waals surface area contributed by atoms with E-state index < -0.39 is 11.8 Å². The SMILES string of the molecule is CCN1CCN(CC(=O)N2CCN(C(C#N)C(C)C)CC2)C(=O)C1=O. The van der Waals surface area contributed by atoms with Crippen molar-refractivity contribution < 1.29 is 14.4 Å². The van der Waals surface area contributed by atoms with Crippen molar-refractivity contribution in [2.75, 3.05) is 52.4 Å². The number of nitriles is 1. The van der Waals surface area contributed by atoms with E-state index in [-0.39, 0.29) is 24.4 Å². The highest BCUT2D eigenvalue weighted by molar-refractivity contribution is 6.35. The van der Waals surface area contributed by atoms with Crippen LogP contribution in [0.15, 0.2) is 0 Å². The largest absolute Gasteiger partial charge is 0.339 e. The molecule has 138 valence electrons. The van der Waals surface area contributed by atoms with Gasteiger partial charge in [-0.25, -0.2) is 0 Å². The second-order valence-corrected chi connectivity index (χ2v) is 6.85. The van der Waals surface area contributed by atoms with Gasteiger partial charge in [-0.2, -0.15) is 5.26 Å². The molecule has 8 heteroatoms. The summed E-state index contributed by atoms with van der Waals surface area (Å²) in [6.07, 6.45) is 0. The first-order chi connectivity index (χ1) is 11.9. The van der Waals surface area contributed by atoms with Crippen molar-refractivity contribution in [2.45, 2.75) is 26.8 Å². The minimum Gasteiger partial charge on any atom is -0.339 e. The van der Waals surface area contributed by atoms with Gasteiger partial charge in [0.05, 0.1) is 6.07 Å². The number of hydrogen-bond acceptors (Lipinski definition) is 5. The van der Waals surface area contributed by atoms with Gasteiger partial charge in [-0.05, 0) is 12.8 Å². The molecule has 0 aromatic heterocycles. The standard InChI is InChI=1S/C17H27N5O3/c1-4-19-5-10-22(17(25)16(19)24)12-15(23)21-8-6-20(7-9-21)14(11-18)13(2)3/h13-14H,4-10,12H2,1-3H3. The molecule has 0 saturated carbocycles. The molecule has 1 atom stereocenters. The zero-order valence-corrected chi connectivity index (χ0v) is 15.3. The zero-order chi connectivity index (χ0) is 18.6. The number of carbonyl (C=O) groups excluding carboxylic acids is 3. The predicted molar refractivity (Wildman–Crippen MR) is 91.2 cm³/mol. The van der Waals surface area contributed by atoms with Gasteiger partial charge in [0.1, 0.15) is 12.6 Å². The highest BCUT2D eigenvalue weighted by Gasteiger charge is 2.34. The first kappa shape index (κ1) is 19.2. The zero-order valence-electron chi connectivity index (χ0n) is 15.3. The molecule has 1 unspecified atom stereocenters. The summed E-state index contributed by atoms with van der Waals surface area (Å²) in [5.74, 6) is -1.01. The Labute approximate surface area is 148 Å². The molecule has 8 nitrogen and oxygen atoms in total. The van der Waals surface area contributed by atoms with Crippen LogP contribution in [0.5, 0.6) is 0 Å². The van der Waals surface area contributed by atoms with Crippen molar-refractivity contribution in [2.24, 2.45) is 5.92 Å². The minimum absolute atomic E-state index is 0.0476. The minimum atomic E-state index is -0.593. The first-order valence-electron chi connectivity index (χ1n) is 8.88. The molecule has 0 spiro atoms. The normalized spacial score (nSPS) is 20.8. The summed E-state index contributed by atoms with van der Waals surface area (Å²) in [6, 6.07) is 2.19. The van der Waals surface area contributed by atoms with E-state index in [9.17, 15) is 19.6 Å². The van der Waals surface area contributed by atoms with Crippen LogP contribution < -0.4 is 0 Å². The Bertz CT molecular complexity index is 563. The molecule has 0 N–H and O–H groups in total. The second-order valence-electron chi connectivity index (χ2n) is 6.85. The Balaban J connectivity index is 1.86. The van der Waals surface area contributed by atoms with Gasteiger partial charge >= 0.3 is 11.8 Å². The molecular formula is C17H27N5O3. The number of piperazine rings is 2. The third-order valence-corrected chi connectivity index (χ3v) is 4.93. The van der Waals surface area contributed by atoms with Gasteiger partial charge in [0.15, 0.2) is 0 Å². The Hall–Kier alpha value is -2.14. The first-order valence-corrected chi connectivity index (χ1v) is 8.88. The topological polar surface area (TPSA) is 88.0 Å². The van der Waals surface area contributed by atoms with E-state index in [0.717, 1.165) is 0 Å². The fraction of sp³-hybridized carbons (Fsp3) is 0.765. The summed E-state index contributed by atoms with van der Waals surface area (Å²) in [5, 5.41) is 9.28. The lowest BCUT2D eigenvalue weighted by atomic mass is 10.0. The molecular weight excluding hydrogens is 322 g/mol. The van der Waals surface area contributed by atoms with Crippen LogP contribution in [0, 0.1) is 17.2 Å². The number of hydrogen-bond donors (Lipinski definition) is 0. The molecule has 0 bridgehead atoms. The monoisotopic (exact) mass is 349 g/mol. The van der Waals surface area contributed by atoms with Gasteiger partial charge in [0.25, 0.3) is 0 Å². The maximum atomic E-state index is 12.5. The Morgan fingerprint density at radius 1 is 1.04 bits per heavy atom. The van der Waals surface area contributed by atoms with Crippen molar-refractivity contribution in [3.63, 3.8) is 0 Å². The van der Waals surface area contributed by atoms with E-state index in [1.165, 1.54) is 9.80 Å². The fourth-order valence-electron chi connectivity index (χ4n) is 3.33. The molecule has 0 aromatic rings. The molecule has 3 amide bonds. The van der Waals surface area contributed by atoms with Crippen molar-refractivity contribution in [1.82, 2.24) is 19.6 Å². The van der Waals surface area contributed by atoms with Crippen LogP contribution in [-0.4, -0.2) is 95.7 Å². The van der Waals surface area contributed by atoms with Crippen molar-refractivity contribution in [1.29, 1.82) is 5.26 Å². The predicted octanol–water partition coefficient (Wildman–Crippen LogP) is -0.631.